The summed E-state index contributed by atoms with van der Waals surface area (Å²) < 4.78 is 5.07. The van der Waals surface area contributed by atoms with E-state index >= 15 is 0 Å². The smallest absolute Gasteiger partial charge is 0.234 e. The monoisotopic (exact) mass is 232 g/mol. The highest BCUT2D eigenvalue weighted by atomic mass is 16.5. The quantitative estimate of drug-likeness (QED) is 0.863. The van der Waals surface area contributed by atoms with E-state index in [0.717, 1.165) is 11.3 Å². The molecule has 90 valence electrons. The van der Waals surface area contributed by atoms with Crippen LogP contribution in [0.3, 0.4) is 0 Å². The fraction of sp³-hybridized carbons (Fsp3) is 0.385. The summed E-state index contributed by atoms with van der Waals surface area (Å²) in [6.45, 7) is 3.79. The zero-order valence-electron chi connectivity index (χ0n) is 10.3. The van der Waals surface area contributed by atoms with Crippen LogP contribution in [0.4, 0.5) is 0 Å². The third-order valence-corrected chi connectivity index (χ3v) is 2.50. The summed E-state index contributed by atoms with van der Waals surface area (Å²) in [6, 6.07) is 9.30. The number of carbonyl (C=O) groups is 1. The highest BCUT2D eigenvalue weighted by Gasteiger charge is 2.22. The lowest BCUT2D eigenvalue weighted by Gasteiger charge is -2.26. The summed E-state index contributed by atoms with van der Waals surface area (Å²) in [5, 5.41) is 11.3. The molecule has 0 saturated heterocycles. The van der Waals surface area contributed by atoms with Crippen molar-refractivity contribution in [2.24, 2.45) is 0 Å². The standard InChI is InChI=1S/C13H16N2O2/c1-13(2,15-12(16)8-9-14)10-4-6-11(17-3)7-5-10/h4-7H,8H2,1-3H3,(H,15,16). The van der Waals surface area contributed by atoms with Gasteiger partial charge in [0.05, 0.1) is 18.7 Å². The van der Waals surface area contributed by atoms with Gasteiger partial charge in [0.1, 0.15) is 12.2 Å². The topological polar surface area (TPSA) is 62.1 Å². The minimum Gasteiger partial charge on any atom is -0.497 e. The lowest BCUT2D eigenvalue weighted by molar-refractivity contribution is -0.121. The molecule has 0 unspecified atom stereocenters. The molecule has 0 atom stereocenters. The average Bonchev–Trinajstić information content (AvgIpc) is 2.28. The molecule has 1 aromatic rings. The van der Waals surface area contributed by atoms with Crippen molar-refractivity contribution in [2.75, 3.05) is 7.11 Å². The maximum Gasteiger partial charge on any atom is 0.234 e. The molecule has 0 bridgehead atoms. The second kappa shape index (κ2) is 5.35. The number of hydrogen-bond donors (Lipinski definition) is 1. The van der Waals surface area contributed by atoms with Crippen LogP contribution in [0.25, 0.3) is 0 Å². The number of methoxy groups -OCH3 is 1. The van der Waals surface area contributed by atoms with Crippen LogP contribution in [0.2, 0.25) is 0 Å². The maximum absolute atomic E-state index is 11.4. The van der Waals surface area contributed by atoms with Gasteiger partial charge in [-0.2, -0.15) is 5.26 Å². The molecule has 0 aliphatic heterocycles. The Bertz CT molecular complexity index is 430. The molecule has 0 heterocycles. The van der Waals surface area contributed by atoms with Gasteiger partial charge in [0.25, 0.3) is 0 Å². The van der Waals surface area contributed by atoms with Gasteiger partial charge in [-0.15, -0.1) is 0 Å². The Morgan fingerprint density at radius 2 is 2.00 bits per heavy atom. The van der Waals surface area contributed by atoms with Crippen molar-refractivity contribution < 1.29 is 9.53 Å². The summed E-state index contributed by atoms with van der Waals surface area (Å²) in [6.07, 6.45) is -0.125. The molecular weight excluding hydrogens is 216 g/mol. The molecule has 1 rings (SSSR count). The van der Waals surface area contributed by atoms with Gasteiger partial charge < -0.3 is 10.1 Å². The van der Waals surface area contributed by atoms with Crippen molar-refractivity contribution >= 4 is 5.91 Å². The van der Waals surface area contributed by atoms with Gasteiger partial charge in [-0.25, -0.2) is 0 Å². The zero-order chi connectivity index (χ0) is 12.9. The second-order valence-electron chi connectivity index (χ2n) is 4.24. The van der Waals surface area contributed by atoms with Crippen molar-refractivity contribution in [3.8, 4) is 11.8 Å². The van der Waals surface area contributed by atoms with E-state index in [1.54, 1.807) is 7.11 Å². The minimum atomic E-state index is -0.500. The minimum absolute atomic E-state index is 0.125. The van der Waals surface area contributed by atoms with Crippen LogP contribution in [-0.4, -0.2) is 13.0 Å². The van der Waals surface area contributed by atoms with Gasteiger partial charge in [-0.05, 0) is 31.5 Å². The molecule has 0 fully saturated rings. The maximum atomic E-state index is 11.4. The molecule has 0 saturated carbocycles. The van der Waals surface area contributed by atoms with Gasteiger partial charge in [0.2, 0.25) is 5.91 Å². The van der Waals surface area contributed by atoms with Gasteiger partial charge in [0.15, 0.2) is 0 Å². The Kier molecular flexibility index (Phi) is 4.11. The zero-order valence-corrected chi connectivity index (χ0v) is 10.3. The molecule has 0 spiro atoms. The van der Waals surface area contributed by atoms with E-state index in [-0.39, 0.29) is 12.3 Å². The molecule has 4 nitrogen and oxygen atoms in total. The van der Waals surface area contributed by atoms with E-state index in [0.29, 0.717) is 0 Å². The Hall–Kier alpha value is -2.02. The number of nitrogens with zero attached hydrogens (tertiary/aromatic N) is 1. The number of nitriles is 1. The lowest BCUT2D eigenvalue weighted by Crippen LogP contribution is -2.40. The highest BCUT2D eigenvalue weighted by molar-refractivity contribution is 5.78. The summed E-state index contributed by atoms with van der Waals surface area (Å²) >= 11 is 0. The summed E-state index contributed by atoms with van der Waals surface area (Å²) in [4.78, 5) is 11.4. The first kappa shape index (κ1) is 13.0. The number of nitrogens with one attached hydrogen (secondary N) is 1. The molecular formula is C13H16N2O2. The van der Waals surface area contributed by atoms with E-state index < -0.39 is 5.54 Å². The van der Waals surface area contributed by atoms with Crippen molar-refractivity contribution in [3.05, 3.63) is 29.8 Å². The van der Waals surface area contributed by atoms with Crippen LogP contribution in [0, 0.1) is 11.3 Å². The van der Waals surface area contributed by atoms with Crippen LogP contribution in [-0.2, 0) is 10.3 Å². The summed E-state index contributed by atoms with van der Waals surface area (Å²) in [5.74, 6) is 0.501. The second-order valence-corrected chi connectivity index (χ2v) is 4.24. The Balaban J connectivity index is 2.81. The van der Waals surface area contributed by atoms with Crippen molar-refractivity contribution in [2.45, 2.75) is 25.8 Å². The highest BCUT2D eigenvalue weighted by Crippen LogP contribution is 2.22. The average molecular weight is 232 g/mol. The number of carbonyl (C=O) groups excluding carboxylic acids is 1. The van der Waals surface area contributed by atoms with Crippen LogP contribution >= 0.6 is 0 Å². The van der Waals surface area contributed by atoms with E-state index in [1.165, 1.54) is 0 Å². The van der Waals surface area contributed by atoms with Crippen molar-refractivity contribution in [1.29, 1.82) is 5.26 Å². The first-order valence-electron chi connectivity index (χ1n) is 5.32. The fourth-order valence-corrected chi connectivity index (χ4v) is 1.54. The SMILES string of the molecule is COc1ccc(C(C)(C)NC(=O)CC#N)cc1. The van der Waals surface area contributed by atoms with Gasteiger partial charge >= 0.3 is 0 Å². The lowest BCUT2D eigenvalue weighted by atomic mass is 9.94. The van der Waals surface area contributed by atoms with Crippen LogP contribution in [0.5, 0.6) is 5.75 Å². The number of rotatable bonds is 4. The van der Waals surface area contributed by atoms with Crippen LogP contribution in [0.15, 0.2) is 24.3 Å². The predicted molar refractivity (Wildman–Crippen MR) is 64.4 cm³/mol. The Morgan fingerprint density at radius 3 is 2.47 bits per heavy atom. The number of benzene rings is 1. The normalized spacial score (nSPS) is 10.5. The number of hydrogen-bond acceptors (Lipinski definition) is 3. The molecule has 4 heteroatoms. The first-order valence-corrected chi connectivity index (χ1v) is 5.32. The van der Waals surface area contributed by atoms with Gasteiger partial charge in [-0.3, -0.25) is 4.79 Å². The Labute approximate surface area is 101 Å². The molecule has 17 heavy (non-hydrogen) atoms. The van der Waals surface area contributed by atoms with E-state index in [1.807, 2.05) is 44.2 Å². The summed E-state index contributed by atoms with van der Waals surface area (Å²) in [7, 11) is 1.61. The third-order valence-electron chi connectivity index (χ3n) is 2.50. The summed E-state index contributed by atoms with van der Waals surface area (Å²) in [5.41, 5.74) is 0.463. The largest absolute Gasteiger partial charge is 0.497 e. The molecule has 0 radical (unpaired) electrons. The van der Waals surface area contributed by atoms with E-state index in [9.17, 15) is 4.79 Å². The van der Waals surface area contributed by atoms with Crippen LogP contribution in [0.1, 0.15) is 25.8 Å². The van der Waals surface area contributed by atoms with Crippen molar-refractivity contribution in [3.63, 3.8) is 0 Å². The molecule has 1 aromatic carbocycles. The van der Waals surface area contributed by atoms with Gasteiger partial charge in [-0.1, -0.05) is 12.1 Å². The molecule has 0 aliphatic carbocycles. The fourth-order valence-electron chi connectivity index (χ4n) is 1.54. The first-order chi connectivity index (χ1) is 7.99. The molecule has 1 amide bonds. The predicted octanol–water partition coefficient (Wildman–Crippen LogP) is 1.96. The number of ether oxygens (including phenoxy) is 1. The van der Waals surface area contributed by atoms with Gasteiger partial charge in [0, 0.05) is 0 Å². The Morgan fingerprint density at radius 1 is 1.41 bits per heavy atom. The molecule has 0 aliphatic rings. The van der Waals surface area contributed by atoms with E-state index in [2.05, 4.69) is 5.32 Å². The number of amides is 1. The van der Waals surface area contributed by atoms with E-state index in [4.69, 9.17) is 10.00 Å². The molecule has 0 aromatic heterocycles. The third kappa shape index (κ3) is 3.49. The molecule has 1 N–H and O–H groups in total. The van der Waals surface area contributed by atoms with Crippen LogP contribution < -0.4 is 10.1 Å². The van der Waals surface area contributed by atoms with Crippen molar-refractivity contribution in [1.82, 2.24) is 5.32 Å².